The number of hydrogen-bond acceptors (Lipinski definition) is 1. The summed E-state index contributed by atoms with van der Waals surface area (Å²) in [6.07, 6.45) is 17.9. The predicted octanol–water partition coefficient (Wildman–Crippen LogP) is 8.02. The molecule has 0 amide bonds. The minimum atomic E-state index is -0.593. The van der Waals surface area contributed by atoms with Gasteiger partial charge in [-0.05, 0) is 110 Å². The Labute approximate surface area is 187 Å². The van der Waals surface area contributed by atoms with Gasteiger partial charge in [0.1, 0.15) is 0 Å². The van der Waals surface area contributed by atoms with Gasteiger partial charge in [-0.2, -0.15) is 0 Å². The third-order valence-corrected chi connectivity index (χ3v) is 11.3. The van der Waals surface area contributed by atoms with E-state index in [2.05, 4.69) is 41.2 Å². The van der Waals surface area contributed by atoms with E-state index in [1.165, 1.54) is 64.2 Å². The van der Waals surface area contributed by atoms with Crippen LogP contribution in [0.4, 0.5) is 0 Å². The summed E-state index contributed by atoms with van der Waals surface area (Å²) in [5, 5.41) is 10.9. The van der Waals surface area contributed by atoms with Crippen LogP contribution < -0.4 is 0 Å². The average molecular weight is 415 g/mol. The molecule has 4 fully saturated rings. The first-order valence-corrected chi connectivity index (χ1v) is 13.5. The maximum atomic E-state index is 10.9. The molecule has 4 aliphatic rings. The highest BCUT2D eigenvalue weighted by Gasteiger charge is 2.61. The molecule has 0 heterocycles. The Morgan fingerprint density at radius 2 is 1.63 bits per heavy atom. The SMILES string of the molecule is C=C[C@]1(O)CC[C@@]2(C)[C@@H](CC[C@@H]3[C@@H]2CC[C@]2(C)[C@@H]([C@H](C)CCCC(C)C)CC[C@@H]32)C1. The summed E-state index contributed by atoms with van der Waals surface area (Å²) in [7, 11) is 0. The zero-order valence-corrected chi connectivity index (χ0v) is 20.8. The van der Waals surface area contributed by atoms with E-state index >= 15 is 0 Å². The molecule has 0 unspecified atom stereocenters. The minimum Gasteiger partial charge on any atom is -0.386 e. The molecular formula is C29H50O. The van der Waals surface area contributed by atoms with Crippen molar-refractivity contribution in [1.82, 2.24) is 0 Å². The molecule has 1 nitrogen and oxygen atoms in total. The van der Waals surface area contributed by atoms with E-state index in [9.17, 15) is 5.11 Å². The lowest BCUT2D eigenvalue weighted by Crippen LogP contribution is -2.55. The molecule has 0 spiro atoms. The van der Waals surface area contributed by atoms with Crippen molar-refractivity contribution in [1.29, 1.82) is 0 Å². The lowest BCUT2D eigenvalue weighted by atomic mass is 9.43. The Hall–Kier alpha value is -0.300. The summed E-state index contributed by atoms with van der Waals surface area (Å²) in [5.74, 6) is 6.23. The Morgan fingerprint density at radius 3 is 2.33 bits per heavy atom. The quantitative estimate of drug-likeness (QED) is 0.436. The summed E-state index contributed by atoms with van der Waals surface area (Å²) in [4.78, 5) is 0. The smallest absolute Gasteiger partial charge is 0.0828 e. The van der Waals surface area contributed by atoms with Gasteiger partial charge in [0.05, 0.1) is 5.60 Å². The van der Waals surface area contributed by atoms with Gasteiger partial charge in [-0.15, -0.1) is 6.58 Å². The van der Waals surface area contributed by atoms with Gasteiger partial charge in [-0.25, -0.2) is 0 Å². The van der Waals surface area contributed by atoms with Crippen molar-refractivity contribution < 1.29 is 5.11 Å². The Balaban J connectivity index is 1.47. The first kappa shape index (κ1) is 22.9. The van der Waals surface area contributed by atoms with Crippen molar-refractivity contribution in [3.63, 3.8) is 0 Å². The summed E-state index contributed by atoms with van der Waals surface area (Å²) in [6.45, 7) is 16.6. The van der Waals surface area contributed by atoms with Crippen molar-refractivity contribution in [3.8, 4) is 0 Å². The van der Waals surface area contributed by atoms with Crippen LogP contribution in [0.15, 0.2) is 12.7 Å². The van der Waals surface area contributed by atoms with Crippen LogP contribution in [0.3, 0.4) is 0 Å². The Morgan fingerprint density at radius 1 is 0.900 bits per heavy atom. The van der Waals surface area contributed by atoms with Crippen LogP contribution in [0.1, 0.15) is 112 Å². The fraction of sp³-hybridized carbons (Fsp3) is 0.931. The van der Waals surface area contributed by atoms with Crippen LogP contribution in [0, 0.1) is 52.3 Å². The molecule has 1 heteroatoms. The van der Waals surface area contributed by atoms with E-state index in [0.29, 0.717) is 16.7 Å². The first-order chi connectivity index (χ1) is 14.1. The number of aliphatic hydroxyl groups is 1. The molecule has 0 aromatic carbocycles. The van der Waals surface area contributed by atoms with E-state index in [0.717, 1.165) is 48.3 Å². The molecule has 4 saturated carbocycles. The highest BCUT2D eigenvalue weighted by Crippen LogP contribution is 2.68. The summed E-state index contributed by atoms with van der Waals surface area (Å²) in [5.41, 5.74) is 0.461. The van der Waals surface area contributed by atoms with Crippen LogP contribution >= 0.6 is 0 Å². The molecule has 4 rings (SSSR count). The zero-order chi connectivity index (χ0) is 21.7. The molecule has 172 valence electrons. The largest absolute Gasteiger partial charge is 0.386 e. The van der Waals surface area contributed by atoms with Gasteiger partial charge in [0.25, 0.3) is 0 Å². The van der Waals surface area contributed by atoms with E-state index < -0.39 is 5.60 Å². The molecule has 4 aliphatic carbocycles. The van der Waals surface area contributed by atoms with Crippen molar-refractivity contribution in [2.75, 3.05) is 0 Å². The zero-order valence-electron chi connectivity index (χ0n) is 20.8. The Bertz CT molecular complexity index is 624. The van der Waals surface area contributed by atoms with Crippen LogP contribution in [0.25, 0.3) is 0 Å². The first-order valence-electron chi connectivity index (χ1n) is 13.5. The topological polar surface area (TPSA) is 20.2 Å². The molecule has 30 heavy (non-hydrogen) atoms. The molecule has 0 radical (unpaired) electrons. The van der Waals surface area contributed by atoms with Crippen LogP contribution in [0.2, 0.25) is 0 Å². The maximum Gasteiger partial charge on any atom is 0.0828 e. The summed E-state index contributed by atoms with van der Waals surface area (Å²) in [6, 6.07) is 0. The molecule has 0 saturated heterocycles. The molecule has 0 bridgehead atoms. The third-order valence-electron chi connectivity index (χ3n) is 11.3. The van der Waals surface area contributed by atoms with Crippen molar-refractivity contribution in [2.24, 2.45) is 52.3 Å². The second-order valence-corrected chi connectivity index (χ2v) is 13.2. The van der Waals surface area contributed by atoms with E-state index in [1.54, 1.807) is 0 Å². The number of hydrogen-bond donors (Lipinski definition) is 1. The van der Waals surface area contributed by atoms with Crippen molar-refractivity contribution in [3.05, 3.63) is 12.7 Å². The second kappa shape index (κ2) is 8.24. The average Bonchev–Trinajstić information content (AvgIpc) is 3.05. The normalized spacial score (nSPS) is 49.2. The third kappa shape index (κ3) is 3.74. The minimum absolute atomic E-state index is 0.459. The lowest BCUT2D eigenvalue weighted by molar-refractivity contribution is -0.141. The van der Waals surface area contributed by atoms with E-state index in [4.69, 9.17) is 0 Å². The number of fused-ring (bicyclic) bond motifs is 5. The fourth-order valence-electron chi connectivity index (χ4n) is 9.48. The molecular weight excluding hydrogens is 364 g/mol. The summed E-state index contributed by atoms with van der Waals surface area (Å²) >= 11 is 0. The van der Waals surface area contributed by atoms with Crippen LogP contribution in [-0.2, 0) is 0 Å². The highest BCUT2D eigenvalue weighted by atomic mass is 16.3. The second-order valence-electron chi connectivity index (χ2n) is 13.2. The van der Waals surface area contributed by atoms with E-state index in [1.807, 2.05) is 6.08 Å². The van der Waals surface area contributed by atoms with Gasteiger partial charge in [0, 0.05) is 0 Å². The van der Waals surface area contributed by atoms with Gasteiger partial charge in [0.15, 0.2) is 0 Å². The molecule has 1 N–H and O–H groups in total. The molecule has 9 atom stereocenters. The predicted molar refractivity (Wildman–Crippen MR) is 128 cm³/mol. The van der Waals surface area contributed by atoms with Crippen LogP contribution in [-0.4, -0.2) is 10.7 Å². The lowest BCUT2D eigenvalue weighted by Gasteiger charge is -2.62. The van der Waals surface area contributed by atoms with Gasteiger partial charge < -0.3 is 5.11 Å². The Kier molecular flexibility index (Phi) is 6.28. The van der Waals surface area contributed by atoms with E-state index in [-0.39, 0.29) is 0 Å². The summed E-state index contributed by atoms with van der Waals surface area (Å²) < 4.78 is 0. The highest BCUT2D eigenvalue weighted by molar-refractivity contribution is 5.12. The molecule has 0 aromatic heterocycles. The maximum absolute atomic E-state index is 10.9. The van der Waals surface area contributed by atoms with Crippen molar-refractivity contribution >= 4 is 0 Å². The standard InChI is InChI=1S/C29H50O/c1-7-29(30)18-17-27(5)22(19-29)11-12-23-25-14-13-24(21(4)10-8-9-20(2)3)28(25,6)16-15-26(23)27/h7,20-26,30H,1,8-19H2,2-6H3/t21-,22+,23+,24-,25+,26+,27+,28-,29+/m1/s1. The molecule has 0 aliphatic heterocycles. The number of rotatable bonds is 6. The van der Waals surface area contributed by atoms with Gasteiger partial charge >= 0.3 is 0 Å². The van der Waals surface area contributed by atoms with Gasteiger partial charge in [0.2, 0.25) is 0 Å². The molecule has 0 aromatic rings. The van der Waals surface area contributed by atoms with Crippen LogP contribution in [0.5, 0.6) is 0 Å². The fourth-order valence-corrected chi connectivity index (χ4v) is 9.48. The van der Waals surface area contributed by atoms with Crippen molar-refractivity contribution in [2.45, 2.75) is 117 Å². The van der Waals surface area contributed by atoms with Gasteiger partial charge in [-0.3, -0.25) is 0 Å². The monoisotopic (exact) mass is 414 g/mol. The van der Waals surface area contributed by atoms with Gasteiger partial charge in [-0.1, -0.05) is 60.0 Å².